The van der Waals surface area contributed by atoms with Gasteiger partial charge in [0.05, 0.1) is 33.7 Å². The third-order valence-electron chi connectivity index (χ3n) is 4.13. The molecule has 1 atom stereocenters. The van der Waals surface area contributed by atoms with E-state index in [-0.39, 0.29) is 12.3 Å². The summed E-state index contributed by atoms with van der Waals surface area (Å²) in [6, 6.07) is 10.2. The second-order valence-electron chi connectivity index (χ2n) is 5.94. The molecule has 7 heteroatoms. The van der Waals surface area contributed by atoms with Crippen molar-refractivity contribution < 1.29 is 28.9 Å². The maximum atomic E-state index is 12.4. The Labute approximate surface area is 157 Å². The Bertz CT molecular complexity index is 808. The molecule has 0 bridgehead atoms. The molecular weight excluding hydrogens is 350 g/mol. The summed E-state index contributed by atoms with van der Waals surface area (Å²) in [5, 5.41) is 11.9. The fraction of sp³-hybridized carbons (Fsp3) is 0.300. The molecule has 7 nitrogen and oxygen atoms in total. The first kappa shape index (κ1) is 20.1. The van der Waals surface area contributed by atoms with E-state index in [1.54, 1.807) is 43.3 Å². The van der Waals surface area contributed by atoms with Crippen LogP contribution in [-0.4, -0.2) is 38.3 Å². The molecule has 0 aliphatic heterocycles. The average Bonchev–Trinajstić information content (AvgIpc) is 2.66. The molecule has 0 aromatic heterocycles. The van der Waals surface area contributed by atoms with Crippen LogP contribution >= 0.6 is 0 Å². The average molecular weight is 373 g/mol. The van der Waals surface area contributed by atoms with E-state index >= 15 is 0 Å². The SMILES string of the molecule is COc1cc(CC(=O)Nc2cccc(C(C)C(=O)O)c2)cc(OC)c1OC. The number of carbonyl (C=O) groups excluding carboxylic acids is 1. The van der Waals surface area contributed by atoms with Crippen LogP contribution in [0.15, 0.2) is 36.4 Å². The summed E-state index contributed by atoms with van der Waals surface area (Å²) in [4.78, 5) is 23.5. The Morgan fingerprint density at radius 1 is 1.04 bits per heavy atom. The predicted molar refractivity (Wildman–Crippen MR) is 101 cm³/mol. The van der Waals surface area contributed by atoms with Gasteiger partial charge in [-0.25, -0.2) is 0 Å². The fourth-order valence-electron chi connectivity index (χ4n) is 2.66. The molecule has 1 amide bonds. The summed E-state index contributed by atoms with van der Waals surface area (Å²) in [5.74, 6) is -0.425. The minimum atomic E-state index is -0.920. The highest BCUT2D eigenvalue weighted by Crippen LogP contribution is 2.38. The molecule has 1 unspecified atom stereocenters. The number of benzene rings is 2. The molecule has 2 N–H and O–H groups in total. The second kappa shape index (κ2) is 8.93. The van der Waals surface area contributed by atoms with E-state index in [4.69, 9.17) is 19.3 Å². The first-order chi connectivity index (χ1) is 12.9. The first-order valence-electron chi connectivity index (χ1n) is 8.31. The van der Waals surface area contributed by atoms with Gasteiger partial charge in [-0.2, -0.15) is 0 Å². The van der Waals surface area contributed by atoms with Crippen LogP contribution in [0.3, 0.4) is 0 Å². The van der Waals surface area contributed by atoms with Gasteiger partial charge in [0.15, 0.2) is 11.5 Å². The molecule has 0 spiro atoms. The van der Waals surface area contributed by atoms with Gasteiger partial charge >= 0.3 is 5.97 Å². The highest BCUT2D eigenvalue weighted by atomic mass is 16.5. The van der Waals surface area contributed by atoms with Gasteiger partial charge in [0.2, 0.25) is 11.7 Å². The topological polar surface area (TPSA) is 94.1 Å². The van der Waals surface area contributed by atoms with Crippen molar-refractivity contribution in [2.45, 2.75) is 19.3 Å². The number of carboxylic acid groups (broad SMARTS) is 1. The molecule has 0 heterocycles. The number of carboxylic acids is 1. The van der Waals surface area contributed by atoms with Gasteiger partial charge in [-0.05, 0) is 42.3 Å². The van der Waals surface area contributed by atoms with Crippen LogP contribution in [0, 0.1) is 0 Å². The third kappa shape index (κ3) is 4.91. The van der Waals surface area contributed by atoms with Crippen LogP contribution < -0.4 is 19.5 Å². The lowest BCUT2D eigenvalue weighted by atomic mass is 10.0. The zero-order valence-electron chi connectivity index (χ0n) is 15.7. The number of methoxy groups -OCH3 is 3. The molecule has 0 aliphatic carbocycles. The van der Waals surface area contributed by atoms with Crippen molar-refractivity contribution in [3.63, 3.8) is 0 Å². The van der Waals surface area contributed by atoms with Crippen molar-refractivity contribution in [3.05, 3.63) is 47.5 Å². The van der Waals surface area contributed by atoms with Crippen LogP contribution in [0.5, 0.6) is 17.2 Å². The lowest BCUT2D eigenvalue weighted by Gasteiger charge is -2.14. The number of anilines is 1. The first-order valence-corrected chi connectivity index (χ1v) is 8.31. The van der Waals surface area contributed by atoms with Crippen molar-refractivity contribution in [2.75, 3.05) is 26.6 Å². The van der Waals surface area contributed by atoms with E-state index in [0.717, 1.165) is 0 Å². The van der Waals surface area contributed by atoms with E-state index in [0.29, 0.717) is 34.1 Å². The van der Waals surface area contributed by atoms with Crippen molar-refractivity contribution in [1.29, 1.82) is 0 Å². The highest BCUT2D eigenvalue weighted by Gasteiger charge is 2.16. The van der Waals surface area contributed by atoms with E-state index in [2.05, 4.69) is 5.32 Å². The normalized spacial score (nSPS) is 11.4. The molecule has 2 aromatic rings. The minimum absolute atomic E-state index is 0.0927. The molecule has 0 saturated carbocycles. The van der Waals surface area contributed by atoms with Gasteiger partial charge in [0.1, 0.15) is 0 Å². The number of aliphatic carboxylic acids is 1. The van der Waals surface area contributed by atoms with Crippen LogP contribution in [-0.2, 0) is 16.0 Å². The molecular formula is C20H23NO6. The van der Waals surface area contributed by atoms with Crippen LogP contribution in [0.2, 0.25) is 0 Å². The van der Waals surface area contributed by atoms with Gasteiger partial charge in [0.25, 0.3) is 0 Å². The van der Waals surface area contributed by atoms with Gasteiger partial charge in [-0.15, -0.1) is 0 Å². The number of amides is 1. The zero-order chi connectivity index (χ0) is 20.0. The van der Waals surface area contributed by atoms with E-state index in [9.17, 15) is 9.59 Å². The third-order valence-corrected chi connectivity index (χ3v) is 4.13. The quantitative estimate of drug-likeness (QED) is 0.738. The number of ether oxygens (including phenoxy) is 3. The molecule has 144 valence electrons. The number of rotatable bonds is 8. The lowest BCUT2D eigenvalue weighted by Crippen LogP contribution is -2.15. The van der Waals surface area contributed by atoms with Gasteiger partial charge in [0, 0.05) is 5.69 Å². The Kier molecular flexibility index (Phi) is 6.65. The summed E-state index contributed by atoms with van der Waals surface area (Å²) in [6.45, 7) is 1.60. The molecule has 0 aliphatic rings. The lowest BCUT2D eigenvalue weighted by molar-refractivity contribution is -0.138. The van der Waals surface area contributed by atoms with Crippen molar-refractivity contribution in [3.8, 4) is 17.2 Å². The maximum absolute atomic E-state index is 12.4. The zero-order valence-corrected chi connectivity index (χ0v) is 15.7. The van der Waals surface area contributed by atoms with E-state index in [1.165, 1.54) is 21.3 Å². The largest absolute Gasteiger partial charge is 0.493 e. The van der Waals surface area contributed by atoms with Gasteiger partial charge < -0.3 is 24.6 Å². The predicted octanol–water partition coefficient (Wildman–Crippen LogP) is 3.08. The fourth-order valence-corrected chi connectivity index (χ4v) is 2.66. The Hall–Kier alpha value is -3.22. The molecule has 0 radical (unpaired) electrons. The van der Waals surface area contributed by atoms with Crippen LogP contribution in [0.25, 0.3) is 0 Å². The highest BCUT2D eigenvalue weighted by molar-refractivity contribution is 5.92. The summed E-state index contributed by atoms with van der Waals surface area (Å²) >= 11 is 0. The number of hydrogen-bond acceptors (Lipinski definition) is 5. The standard InChI is InChI=1S/C20H23NO6/c1-12(20(23)24)14-6-5-7-15(11-14)21-18(22)10-13-8-16(25-2)19(27-4)17(9-13)26-3/h5-9,11-12H,10H2,1-4H3,(H,21,22)(H,23,24). The summed E-state index contributed by atoms with van der Waals surface area (Å²) in [5.41, 5.74) is 1.85. The summed E-state index contributed by atoms with van der Waals surface area (Å²) in [7, 11) is 4.53. The van der Waals surface area contributed by atoms with Crippen LogP contribution in [0.4, 0.5) is 5.69 Å². The van der Waals surface area contributed by atoms with E-state index < -0.39 is 11.9 Å². The van der Waals surface area contributed by atoms with E-state index in [1.807, 2.05) is 0 Å². The summed E-state index contributed by atoms with van der Waals surface area (Å²) < 4.78 is 15.9. The molecule has 2 aromatic carbocycles. The Balaban J connectivity index is 2.16. The van der Waals surface area contributed by atoms with Crippen molar-refractivity contribution in [1.82, 2.24) is 0 Å². The van der Waals surface area contributed by atoms with Crippen LogP contribution in [0.1, 0.15) is 24.0 Å². The van der Waals surface area contributed by atoms with Gasteiger partial charge in [-0.1, -0.05) is 12.1 Å². The smallest absolute Gasteiger partial charge is 0.310 e. The molecule has 0 fully saturated rings. The monoisotopic (exact) mass is 373 g/mol. The second-order valence-corrected chi connectivity index (χ2v) is 5.94. The maximum Gasteiger partial charge on any atom is 0.310 e. The molecule has 2 rings (SSSR count). The molecule has 27 heavy (non-hydrogen) atoms. The number of hydrogen-bond donors (Lipinski definition) is 2. The van der Waals surface area contributed by atoms with Crippen molar-refractivity contribution in [2.24, 2.45) is 0 Å². The minimum Gasteiger partial charge on any atom is -0.493 e. The molecule has 0 saturated heterocycles. The summed E-state index contributed by atoms with van der Waals surface area (Å²) in [6.07, 6.45) is 0.0927. The Morgan fingerprint density at radius 2 is 1.67 bits per heavy atom. The number of nitrogens with one attached hydrogen (secondary N) is 1. The number of carbonyl (C=O) groups is 2. The Morgan fingerprint density at radius 3 is 2.19 bits per heavy atom. The van der Waals surface area contributed by atoms with Gasteiger partial charge in [-0.3, -0.25) is 9.59 Å². The van der Waals surface area contributed by atoms with Crippen molar-refractivity contribution >= 4 is 17.6 Å².